The van der Waals surface area contributed by atoms with Gasteiger partial charge in [0.15, 0.2) is 18.1 Å². The number of hydrogen-bond acceptors (Lipinski definition) is 8. The molecule has 0 radical (unpaired) electrons. The molecule has 0 spiro atoms. The van der Waals surface area contributed by atoms with Gasteiger partial charge in [0.1, 0.15) is 11.5 Å². The Bertz CT molecular complexity index is 1330. The number of nitrogens with one attached hydrogen (secondary N) is 2. The van der Waals surface area contributed by atoms with Gasteiger partial charge in [-0.15, -0.1) is 0 Å². The number of carbonyl (C=O) groups excluding carboxylic acids is 1. The molecule has 0 saturated carbocycles. The number of rotatable bonds is 8. The van der Waals surface area contributed by atoms with Crippen LogP contribution in [0.5, 0.6) is 23.0 Å². The van der Waals surface area contributed by atoms with Gasteiger partial charge in [-0.2, -0.15) is 0 Å². The normalized spacial score (nSPS) is 10.5. The molecule has 0 aliphatic carbocycles. The fourth-order valence-electron chi connectivity index (χ4n) is 3.31. The minimum atomic E-state index is -0.228. The standard InChI is InChI=1S/C25H25N5O4/c1-28-24(31)14-33-21-5-3-4-6-22(21)34-16-9-7-15(8-10-16)30-25-17-11-23(32-2)18(26)12-20(17)29-13-19(25)27/h3-13H,14,26-27H2,1-2H3,(H,28,31)(H,29,30). The summed E-state index contributed by atoms with van der Waals surface area (Å²) in [7, 11) is 3.11. The fraction of sp³-hybridized carbons (Fsp3) is 0.120. The molecule has 6 N–H and O–H groups in total. The Kier molecular flexibility index (Phi) is 6.54. The van der Waals surface area contributed by atoms with Gasteiger partial charge in [0.2, 0.25) is 0 Å². The lowest BCUT2D eigenvalue weighted by atomic mass is 10.1. The molecule has 0 saturated heterocycles. The highest BCUT2D eigenvalue weighted by atomic mass is 16.5. The molecular formula is C25H25N5O4. The van der Waals surface area contributed by atoms with Gasteiger partial charge in [-0.05, 0) is 48.5 Å². The maximum atomic E-state index is 11.5. The summed E-state index contributed by atoms with van der Waals surface area (Å²) in [5.74, 6) is 1.89. The van der Waals surface area contributed by atoms with Crippen molar-refractivity contribution in [1.82, 2.24) is 10.3 Å². The third kappa shape index (κ3) is 4.88. The van der Waals surface area contributed by atoms with Gasteiger partial charge in [-0.25, -0.2) is 0 Å². The van der Waals surface area contributed by atoms with Crippen LogP contribution in [0.1, 0.15) is 0 Å². The summed E-state index contributed by atoms with van der Waals surface area (Å²) in [5.41, 5.74) is 15.4. The summed E-state index contributed by atoms with van der Waals surface area (Å²) < 4.78 is 16.9. The number of benzene rings is 3. The molecule has 1 heterocycles. The molecule has 4 aromatic rings. The Hall–Kier alpha value is -4.66. The van der Waals surface area contributed by atoms with Crippen LogP contribution in [0.4, 0.5) is 22.7 Å². The summed E-state index contributed by atoms with van der Waals surface area (Å²) >= 11 is 0. The average Bonchev–Trinajstić information content (AvgIpc) is 2.85. The Balaban J connectivity index is 1.54. The van der Waals surface area contributed by atoms with Crippen LogP contribution in [0.25, 0.3) is 10.9 Å². The molecule has 34 heavy (non-hydrogen) atoms. The van der Waals surface area contributed by atoms with Crippen molar-refractivity contribution in [3.05, 3.63) is 66.9 Å². The molecule has 3 aromatic carbocycles. The number of amides is 1. The maximum absolute atomic E-state index is 11.5. The second-order valence-electron chi connectivity index (χ2n) is 7.36. The van der Waals surface area contributed by atoms with E-state index in [-0.39, 0.29) is 12.5 Å². The molecule has 1 amide bonds. The molecule has 4 rings (SSSR count). The van der Waals surface area contributed by atoms with Crippen LogP contribution in [0.3, 0.4) is 0 Å². The zero-order valence-electron chi connectivity index (χ0n) is 18.8. The van der Waals surface area contributed by atoms with Gasteiger partial charge in [0.25, 0.3) is 5.91 Å². The molecule has 1 aromatic heterocycles. The molecule has 0 atom stereocenters. The topological polar surface area (TPSA) is 134 Å². The predicted octanol–water partition coefficient (Wildman–Crippen LogP) is 4.07. The van der Waals surface area contributed by atoms with Crippen LogP contribution in [0.2, 0.25) is 0 Å². The third-order valence-corrected chi connectivity index (χ3v) is 5.09. The molecule has 0 bridgehead atoms. The van der Waals surface area contributed by atoms with Crippen molar-refractivity contribution in [3.63, 3.8) is 0 Å². The van der Waals surface area contributed by atoms with Crippen LogP contribution in [0.15, 0.2) is 66.9 Å². The van der Waals surface area contributed by atoms with E-state index in [9.17, 15) is 4.79 Å². The number of ether oxygens (including phenoxy) is 3. The van der Waals surface area contributed by atoms with Crippen molar-refractivity contribution < 1.29 is 19.0 Å². The molecular weight excluding hydrogens is 434 g/mol. The number of fused-ring (bicyclic) bond motifs is 1. The smallest absolute Gasteiger partial charge is 0.257 e. The predicted molar refractivity (Wildman–Crippen MR) is 133 cm³/mol. The van der Waals surface area contributed by atoms with E-state index in [2.05, 4.69) is 15.6 Å². The minimum Gasteiger partial charge on any atom is -0.495 e. The van der Waals surface area contributed by atoms with E-state index in [0.29, 0.717) is 45.6 Å². The highest BCUT2D eigenvalue weighted by Gasteiger charge is 2.12. The van der Waals surface area contributed by atoms with Gasteiger partial charge >= 0.3 is 0 Å². The van der Waals surface area contributed by atoms with Crippen molar-refractivity contribution in [2.45, 2.75) is 0 Å². The number of methoxy groups -OCH3 is 1. The molecule has 9 nitrogen and oxygen atoms in total. The Morgan fingerprint density at radius 3 is 2.41 bits per heavy atom. The lowest BCUT2D eigenvalue weighted by molar-refractivity contribution is -0.122. The number of anilines is 4. The number of aromatic nitrogens is 1. The number of carbonyl (C=O) groups is 1. The van der Waals surface area contributed by atoms with Crippen molar-refractivity contribution >= 4 is 39.6 Å². The summed E-state index contributed by atoms with van der Waals surface area (Å²) in [6, 6.07) is 18.1. The number of nitrogens with zero attached hydrogens (tertiary/aromatic N) is 1. The number of pyridine rings is 1. The Morgan fingerprint density at radius 2 is 1.71 bits per heavy atom. The molecule has 0 aliphatic rings. The number of para-hydroxylation sites is 2. The van der Waals surface area contributed by atoms with Crippen LogP contribution in [-0.2, 0) is 4.79 Å². The highest BCUT2D eigenvalue weighted by Crippen LogP contribution is 2.37. The zero-order valence-corrected chi connectivity index (χ0v) is 18.8. The van der Waals surface area contributed by atoms with E-state index < -0.39 is 0 Å². The minimum absolute atomic E-state index is 0.0997. The van der Waals surface area contributed by atoms with Crippen LogP contribution >= 0.6 is 0 Å². The van der Waals surface area contributed by atoms with Crippen LogP contribution in [-0.4, -0.2) is 31.7 Å². The second kappa shape index (κ2) is 9.86. The van der Waals surface area contributed by atoms with Crippen LogP contribution in [0, 0.1) is 0 Å². The van der Waals surface area contributed by atoms with Crippen molar-refractivity contribution in [3.8, 4) is 23.0 Å². The van der Waals surface area contributed by atoms with E-state index in [1.165, 1.54) is 0 Å². The van der Waals surface area contributed by atoms with E-state index in [4.69, 9.17) is 25.7 Å². The summed E-state index contributed by atoms with van der Waals surface area (Å²) in [5, 5.41) is 6.64. The zero-order chi connectivity index (χ0) is 24.1. The first-order valence-electron chi connectivity index (χ1n) is 10.5. The lowest BCUT2D eigenvalue weighted by Gasteiger charge is -2.15. The SMILES string of the molecule is CNC(=O)COc1ccccc1Oc1ccc(Nc2c(N)cnc3cc(N)c(OC)cc23)cc1. The molecule has 0 unspecified atom stereocenters. The number of nitrogen functional groups attached to an aromatic ring is 2. The highest BCUT2D eigenvalue weighted by molar-refractivity contribution is 6.01. The van der Waals surface area contributed by atoms with Gasteiger partial charge in [-0.3, -0.25) is 9.78 Å². The molecule has 0 fully saturated rings. The number of likely N-dealkylation sites (N-methyl/N-ethyl adjacent to an activating group) is 1. The average molecular weight is 460 g/mol. The number of hydrogen-bond donors (Lipinski definition) is 4. The first-order valence-corrected chi connectivity index (χ1v) is 10.5. The first kappa shape index (κ1) is 22.5. The lowest BCUT2D eigenvalue weighted by Crippen LogP contribution is -2.24. The van der Waals surface area contributed by atoms with Crippen LogP contribution < -0.4 is 36.3 Å². The maximum Gasteiger partial charge on any atom is 0.257 e. The van der Waals surface area contributed by atoms with Gasteiger partial charge < -0.3 is 36.3 Å². The molecule has 9 heteroatoms. The Labute approximate surface area is 196 Å². The summed E-state index contributed by atoms with van der Waals surface area (Å²) in [4.78, 5) is 15.9. The Morgan fingerprint density at radius 1 is 0.971 bits per heavy atom. The largest absolute Gasteiger partial charge is 0.495 e. The van der Waals surface area contributed by atoms with Gasteiger partial charge in [0.05, 0.1) is 35.9 Å². The van der Waals surface area contributed by atoms with Crippen molar-refractivity contribution in [1.29, 1.82) is 0 Å². The molecule has 0 aliphatic heterocycles. The van der Waals surface area contributed by atoms with Gasteiger partial charge in [0, 0.05) is 18.1 Å². The van der Waals surface area contributed by atoms with Crippen molar-refractivity contribution in [2.24, 2.45) is 0 Å². The summed E-state index contributed by atoms with van der Waals surface area (Å²) in [6.07, 6.45) is 1.59. The quantitative estimate of drug-likeness (QED) is 0.290. The van der Waals surface area contributed by atoms with Gasteiger partial charge in [-0.1, -0.05) is 12.1 Å². The van der Waals surface area contributed by atoms with Crippen molar-refractivity contribution in [2.75, 3.05) is 37.5 Å². The third-order valence-electron chi connectivity index (χ3n) is 5.09. The van der Waals surface area contributed by atoms with E-state index in [0.717, 1.165) is 11.1 Å². The monoisotopic (exact) mass is 459 g/mol. The summed E-state index contributed by atoms with van der Waals surface area (Å²) in [6.45, 7) is -0.0997. The molecule has 174 valence electrons. The number of nitrogens with two attached hydrogens (primary N) is 2. The van der Waals surface area contributed by atoms with E-state index >= 15 is 0 Å². The fourth-order valence-corrected chi connectivity index (χ4v) is 3.31. The first-order chi connectivity index (χ1) is 16.5. The van der Waals surface area contributed by atoms with E-state index in [1.54, 1.807) is 38.6 Å². The van der Waals surface area contributed by atoms with E-state index in [1.807, 2.05) is 42.5 Å². The second-order valence-corrected chi connectivity index (χ2v) is 7.36.